The highest BCUT2D eigenvalue weighted by Crippen LogP contribution is 2.29. The molecule has 0 spiro atoms. The molecule has 1 fully saturated rings. The average Bonchev–Trinajstić information content (AvgIpc) is 3.12. The van der Waals surface area contributed by atoms with Gasteiger partial charge in [0.15, 0.2) is 0 Å². The van der Waals surface area contributed by atoms with Crippen molar-refractivity contribution in [2.24, 2.45) is 0 Å². The van der Waals surface area contributed by atoms with Crippen molar-refractivity contribution in [3.63, 3.8) is 0 Å². The zero-order chi connectivity index (χ0) is 37.3. The first-order valence-electron chi connectivity index (χ1n) is 18.0. The van der Waals surface area contributed by atoms with Gasteiger partial charge in [-0.15, -0.1) is 0 Å². The fourth-order valence-corrected chi connectivity index (χ4v) is 6.94. The largest absolute Gasteiger partial charge is 0.497 e. The molecule has 278 valence electrons. The molecule has 52 heavy (non-hydrogen) atoms. The second-order valence-electron chi connectivity index (χ2n) is 13.6. The van der Waals surface area contributed by atoms with Crippen LogP contribution in [-0.4, -0.2) is 75.1 Å². The van der Waals surface area contributed by atoms with E-state index in [0.717, 1.165) is 36.3 Å². The standard InChI is InChI=1S/C40H48F2N4O6/c1-5-44(31-21-28(41)20-29(42)22-31)39(48)36-27-45(32-23-30(43-40(49)51-4)24-34(25-32)50-3)37-26-33(14-15-35(37)38(36)47)52-19-13-8-6-7-10-16-46(2)17-11-9-12-18-46/h14-15,20-27H,5-13,16-19H2,1-4H3/p+1. The number of rotatable bonds is 15. The number of quaternary nitrogens is 1. The van der Waals surface area contributed by atoms with E-state index in [-0.39, 0.29) is 23.2 Å². The van der Waals surface area contributed by atoms with Crippen molar-refractivity contribution >= 4 is 34.3 Å². The maximum absolute atomic E-state index is 14.2. The molecule has 1 aromatic heterocycles. The van der Waals surface area contributed by atoms with Gasteiger partial charge in [0.25, 0.3) is 5.91 Å². The number of anilines is 2. The molecule has 3 aromatic carbocycles. The maximum atomic E-state index is 14.2. The summed E-state index contributed by atoms with van der Waals surface area (Å²) in [6.07, 6.45) is 10.2. The van der Waals surface area contributed by atoms with E-state index in [1.807, 2.05) is 0 Å². The predicted octanol–water partition coefficient (Wildman–Crippen LogP) is 8.08. The van der Waals surface area contributed by atoms with E-state index < -0.39 is 29.1 Å². The third-order valence-electron chi connectivity index (χ3n) is 9.77. The predicted molar refractivity (Wildman–Crippen MR) is 199 cm³/mol. The molecule has 1 aliphatic rings. The molecule has 0 atom stereocenters. The van der Waals surface area contributed by atoms with Crippen molar-refractivity contribution in [3.05, 3.63) is 88.2 Å². The lowest BCUT2D eigenvalue weighted by Gasteiger charge is -2.37. The Labute approximate surface area is 303 Å². The molecular formula is C40H49F2N4O6+. The lowest BCUT2D eigenvalue weighted by Crippen LogP contribution is -2.48. The Morgan fingerprint density at radius 1 is 0.885 bits per heavy atom. The van der Waals surface area contributed by atoms with Gasteiger partial charge in [-0.3, -0.25) is 14.9 Å². The summed E-state index contributed by atoms with van der Waals surface area (Å²) in [6, 6.07) is 12.7. The molecule has 2 heterocycles. The van der Waals surface area contributed by atoms with E-state index in [4.69, 9.17) is 14.2 Å². The molecule has 5 rings (SSSR count). The van der Waals surface area contributed by atoms with Gasteiger partial charge in [0.1, 0.15) is 28.7 Å². The lowest BCUT2D eigenvalue weighted by molar-refractivity contribution is -0.914. The minimum Gasteiger partial charge on any atom is -0.497 e. The first kappa shape index (κ1) is 38.3. The number of halogens is 2. The van der Waals surface area contributed by atoms with Gasteiger partial charge in [-0.25, -0.2) is 13.6 Å². The van der Waals surface area contributed by atoms with E-state index in [1.165, 1.54) is 76.6 Å². The highest BCUT2D eigenvalue weighted by Gasteiger charge is 2.25. The lowest BCUT2D eigenvalue weighted by atomic mass is 10.1. The van der Waals surface area contributed by atoms with Crippen LogP contribution in [0.1, 0.15) is 68.6 Å². The number of pyridine rings is 1. The quantitative estimate of drug-likeness (QED) is 0.0986. The number of unbranched alkanes of at least 4 members (excludes halogenated alkanes) is 4. The number of methoxy groups -OCH3 is 2. The Morgan fingerprint density at radius 2 is 1.60 bits per heavy atom. The fourth-order valence-electron chi connectivity index (χ4n) is 6.94. The topological polar surface area (TPSA) is 99.1 Å². The van der Waals surface area contributed by atoms with Gasteiger partial charge in [0.05, 0.1) is 58.7 Å². The van der Waals surface area contributed by atoms with Crippen LogP contribution in [0, 0.1) is 11.6 Å². The number of hydrogen-bond donors (Lipinski definition) is 1. The summed E-state index contributed by atoms with van der Waals surface area (Å²) < 4.78 is 47.6. The van der Waals surface area contributed by atoms with E-state index >= 15 is 0 Å². The van der Waals surface area contributed by atoms with Crippen molar-refractivity contribution in [3.8, 4) is 17.2 Å². The number of piperidine rings is 1. The SMILES string of the molecule is CCN(C(=O)c1cn(-c2cc(NC(=O)OC)cc(OC)c2)c2cc(OCCCCCCC[N+]3(C)CCCCC3)ccc2c1=O)c1cc(F)cc(F)c1. The minimum atomic E-state index is -0.852. The van der Waals surface area contributed by atoms with Crippen LogP contribution < -0.4 is 25.1 Å². The molecular weight excluding hydrogens is 670 g/mol. The minimum absolute atomic E-state index is 0.0246. The number of ether oxygens (including phenoxy) is 3. The number of aromatic nitrogens is 1. The molecule has 12 heteroatoms. The maximum Gasteiger partial charge on any atom is 0.411 e. The first-order chi connectivity index (χ1) is 25.0. The highest BCUT2D eigenvalue weighted by molar-refractivity contribution is 6.07. The van der Waals surface area contributed by atoms with Crippen LogP contribution in [0.3, 0.4) is 0 Å². The monoisotopic (exact) mass is 719 g/mol. The third-order valence-corrected chi connectivity index (χ3v) is 9.77. The average molecular weight is 720 g/mol. The Kier molecular flexibility index (Phi) is 12.9. The smallest absolute Gasteiger partial charge is 0.411 e. The summed E-state index contributed by atoms with van der Waals surface area (Å²) in [5.74, 6) is -1.52. The second-order valence-corrected chi connectivity index (χ2v) is 13.6. The molecule has 0 radical (unpaired) electrons. The fraction of sp³-hybridized carbons (Fsp3) is 0.425. The molecule has 0 bridgehead atoms. The van der Waals surface area contributed by atoms with Gasteiger partial charge in [0, 0.05) is 53.8 Å². The number of carbonyl (C=O) groups excluding carboxylic acids is 2. The number of likely N-dealkylation sites (tertiary alicyclic amines) is 1. The molecule has 1 aliphatic heterocycles. The molecule has 2 amide bonds. The molecule has 1 N–H and O–H groups in total. The van der Waals surface area contributed by atoms with Gasteiger partial charge in [-0.05, 0) is 75.8 Å². The van der Waals surface area contributed by atoms with Crippen LogP contribution in [0.25, 0.3) is 16.6 Å². The Hall–Kier alpha value is -4.97. The van der Waals surface area contributed by atoms with Gasteiger partial charge in [-0.2, -0.15) is 0 Å². The Morgan fingerprint density at radius 3 is 2.29 bits per heavy atom. The molecule has 0 saturated carbocycles. The number of amides is 2. The van der Waals surface area contributed by atoms with Gasteiger partial charge >= 0.3 is 6.09 Å². The summed E-state index contributed by atoms with van der Waals surface area (Å²) >= 11 is 0. The second kappa shape index (κ2) is 17.5. The zero-order valence-corrected chi connectivity index (χ0v) is 30.5. The molecule has 4 aromatic rings. The number of benzene rings is 3. The van der Waals surface area contributed by atoms with Crippen LogP contribution in [0.15, 0.2) is 65.6 Å². The van der Waals surface area contributed by atoms with Gasteiger partial charge in [-0.1, -0.05) is 12.8 Å². The third kappa shape index (κ3) is 9.47. The molecule has 0 unspecified atom stereocenters. The van der Waals surface area contributed by atoms with Gasteiger partial charge in [0.2, 0.25) is 5.43 Å². The summed E-state index contributed by atoms with van der Waals surface area (Å²) in [5, 5.41) is 2.84. The van der Waals surface area contributed by atoms with E-state index in [0.29, 0.717) is 41.1 Å². The number of nitrogens with one attached hydrogen (secondary N) is 1. The van der Waals surface area contributed by atoms with E-state index in [1.54, 1.807) is 47.9 Å². The van der Waals surface area contributed by atoms with Crippen molar-refractivity contribution in [2.45, 2.75) is 58.3 Å². The van der Waals surface area contributed by atoms with Crippen LogP contribution in [-0.2, 0) is 4.74 Å². The van der Waals surface area contributed by atoms with Crippen molar-refractivity contribution in [1.29, 1.82) is 0 Å². The van der Waals surface area contributed by atoms with Gasteiger partial charge < -0.3 is 28.2 Å². The number of hydrogen-bond acceptors (Lipinski definition) is 6. The van der Waals surface area contributed by atoms with E-state index in [2.05, 4.69) is 12.4 Å². The normalized spacial score (nSPS) is 13.8. The van der Waals surface area contributed by atoms with Crippen LogP contribution >= 0.6 is 0 Å². The first-order valence-corrected chi connectivity index (χ1v) is 18.0. The number of nitrogens with zero attached hydrogens (tertiary/aromatic N) is 3. The van der Waals surface area contributed by atoms with Crippen molar-refractivity contribution < 1.29 is 37.1 Å². The van der Waals surface area contributed by atoms with Crippen LogP contribution in [0.5, 0.6) is 11.5 Å². The van der Waals surface area contributed by atoms with E-state index in [9.17, 15) is 23.2 Å². The highest BCUT2D eigenvalue weighted by atomic mass is 19.1. The number of fused-ring (bicyclic) bond motifs is 1. The summed E-state index contributed by atoms with van der Waals surface area (Å²) in [7, 11) is 5.10. The summed E-state index contributed by atoms with van der Waals surface area (Å²) in [5.41, 5.74) is 0.408. The summed E-state index contributed by atoms with van der Waals surface area (Å²) in [6.45, 7) is 6.02. The molecule has 0 aliphatic carbocycles. The Bertz CT molecular complexity index is 1920. The molecule has 1 saturated heterocycles. The van der Waals surface area contributed by atoms with Crippen LogP contribution in [0.4, 0.5) is 25.0 Å². The van der Waals surface area contributed by atoms with Crippen LogP contribution in [0.2, 0.25) is 0 Å². The number of carbonyl (C=O) groups is 2. The molecule has 10 nitrogen and oxygen atoms in total. The Balaban J connectivity index is 1.42. The van der Waals surface area contributed by atoms with Crippen molar-refractivity contribution in [2.75, 3.05) is 64.3 Å². The zero-order valence-electron chi connectivity index (χ0n) is 30.5. The summed E-state index contributed by atoms with van der Waals surface area (Å²) in [4.78, 5) is 41.2. The van der Waals surface area contributed by atoms with Crippen molar-refractivity contribution in [1.82, 2.24) is 4.57 Å².